The Bertz CT molecular complexity index is 231. The molecule has 0 saturated heterocycles. The largest absolute Gasteiger partial charge is 0.299 e. The van der Waals surface area contributed by atoms with Crippen LogP contribution in [0.15, 0.2) is 0 Å². The van der Waals surface area contributed by atoms with Crippen LogP contribution < -0.4 is 0 Å². The van der Waals surface area contributed by atoms with Crippen molar-refractivity contribution in [1.82, 2.24) is 0 Å². The summed E-state index contributed by atoms with van der Waals surface area (Å²) in [4.78, 5) is 12.0. The Hall–Kier alpha value is -0.330. The normalized spacial score (nSPS) is 44.5. The molecular weight excluding hydrogens is 160 g/mol. The Morgan fingerprint density at radius 3 is 2.62 bits per heavy atom. The Balaban J connectivity index is 2.26. The van der Waals surface area contributed by atoms with Gasteiger partial charge in [0.25, 0.3) is 0 Å². The van der Waals surface area contributed by atoms with Gasteiger partial charge in [0, 0.05) is 11.3 Å². The second-order valence-electron chi connectivity index (χ2n) is 5.20. The van der Waals surface area contributed by atoms with E-state index in [-0.39, 0.29) is 5.41 Å². The molecule has 0 aliphatic heterocycles. The standard InChI is InChI=1S/C12H20O/c1-8(2)12-7-5-4-6-10(12)9(3)11(12)13/h8-10H,4-7H2,1-3H3. The van der Waals surface area contributed by atoms with Crippen LogP contribution in [0.1, 0.15) is 46.5 Å². The van der Waals surface area contributed by atoms with E-state index >= 15 is 0 Å². The zero-order chi connectivity index (χ0) is 9.64. The SMILES string of the molecule is CC1C(=O)C2(C(C)C)CCCCC12. The van der Waals surface area contributed by atoms with E-state index in [1.54, 1.807) is 0 Å². The van der Waals surface area contributed by atoms with Gasteiger partial charge in [0.15, 0.2) is 0 Å². The molecule has 3 atom stereocenters. The molecule has 0 amide bonds. The molecule has 3 unspecified atom stereocenters. The number of carbonyl (C=O) groups is 1. The number of hydrogen-bond acceptors (Lipinski definition) is 1. The van der Waals surface area contributed by atoms with Gasteiger partial charge < -0.3 is 0 Å². The van der Waals surface area contributed by atoms with Gasteiger partial charge in [-0.25, -0.2) is 0 Å². The molecule has 2 fully saturated rings. The Kier molecular flexibility index (Phi) is 2.01. The summed E-state index contributed by atoms with van der Waals surface area (Å²) in [5.74, 6) is 2.20. The first-order valence-corrected chi connectivity index (χ1v) is 5.65. The minimum Gasteiger partial charge on any atom is -0.299 e. The highest BCUT2D eigenvalue weighted by Crippen LogP contribution is 2.59. The van der Waals surface area contributed by atoms with Gasteiger partial charge in [0.2, 0.25) is 0 Å². The highest BCUT2D eigenvalue weighted by atomic mass is 16.1. The predicted molar refractivity (Wildman–Crippen MR) is 53.4 cm³/mol. The van der Waals surface area contributed by atoms with E-state index in [1.807, 2.05) is 0 Å². The lowest BCUT2D eigenvalue weighted by Crippen LogP contribution is -2.60. The summed E-state index contributed by atoms with van der Waals surface area (Å²) >= 11 is 0. The zero-order valence-corrected chi connectivity index (χ0v) is 8.97. The Morgan fingerprint density at radius 1 is 1.38 bits per heavy atom. The average Bonchev–Trinajstić information content (AvgIpc) is 2.15. The molecule has 13 heavy (non-hydrogen) atoms. The minimum atomic E-state index is 0.109. The maximum atomic E-state index is 12.0. The van der Waals surface area contributed by atoms with Gasteiger partial charge in [0.1, 0.15) is 5.78 Å². The number of Topliss-reactive ketones (excluding diaryl/α,β-unsaturated/α-hetero) is 1. The summed E-state index contributed by atoms with van der Waals surface area (Å²) in [5, 5.41) is 0. The van der Waals surface area contributed by atoms with E-state index in [2.05, 4.69) is 20.8 Å². The van der Waals surface area contributed by atoms with Crippen LogP contribution in [0.5, 0.6) is 0 Å². The summed E-state index contributed by atoms with van der Waals surface area (Å²) in [6, 6.07) is 0. The van der Waals surface area contributed by atoms with Crippen LogP contribution in [0, 0.1) is 23.2 Å². The third kappa shape index (κ3) is 0.963. The second-order valence-corrected chi connectivity index (χ2v) is 5.20. The molecule has 74 valence electrons. The molecule has 1 heteroatoms. The van der Waals surface area contributed by atoms with Crippen molar-refractivity contribution >= 4 is 5.78 Å². The highest BCUT2D eigenvalue weighted by Gasteiger charge is 2.61. The summed E-state index contributed by atoms with van der Waals surface area (Å²) < 4.78 is 0. The lowest BCUT2D eigenvalue weighted by molar-refractivity contribution is -0.168. The first-order chi connectivity index (χ1) is 6.10. The van der Waals surface area contributed by atoms with E-state index in [0.717, 1.165) is 0 Å². The van der Waals surface area contributed by atoms with Gasteiger partial charge in [0.05, 0.1) is 0 Å². The van der Waals surface area contributed by atoms with Crippen LogP contribution in [0.3, 0.4) is 0 Å². The first-order valence-electron chi connectivity index (χ1n) is 5.65. The molecule has 0 radical (unpaired) electrons. The van der Waals surface area contributed by atoms with Crippen LogP contribution in [0.25, 0.3) is 0 Å². The molecule has 0 aromatic heterocycles. The van der Waals surface area contributed by atoms with Gasteiger partial charge in [-0.1, -0.05) is 33.6 Å². The molecule has 0 aromatic carbocycles. The van der Waals surface area contributed by atoms with E-state index in [1.165, 1.54) is 25.7 Å². The van der Waals surface area contributed by atoms with Gasteiger partial charge in [-0.05, 0) is 24.7 Å². The van der Waals surface area contributed by atoms with Crippen LogP contribution in [-0.4, -0.2) is 5.78 Å². The van der Waals surface area contributed by atoms with E-state index < -0.39 is 0 Å². The van der Waals surface area contributed by atoms with Gasteiger partial charge in [-0.15, -0.1) is 0 Å². The predicted octanol–water partition coefficient (Wildman–Crippen LogP) is 3.04. The van der Waals surface area contributed by atoms with Crippen LogP contribution in [0.4, 0.5) is 0 Å². The Labute approximate surface area is 80.9 Å². The van der Waals surface area contributed by atoms with Crippen molar-refractivity contribution in [3.8, 4) is 0 Å². The monoisotopic (exact) mass is 180 g/mol. The molecule has 2 saturated carbocycles. The van der Waals surface area contributed by atoms with Gasteiger partial charge in [-0.2, -0.15) is 0 Å². The molecule has 2 aliphatic rings. The number of fused-ring (bicyclic) bond motifs is 1. The lowest BCUT2D eigenvalue weighted by Gasteiger charge is -2.57. The molecule has 0 aromatic rings. The summed E-state index contributed by atoms with van der Waals surface area (Å²) in [6.45, 7) is 6.57. The second kappa shape index (κ2) is 2.83. The highest BCUT2D eigenvalue weighted by molar-refractivity contribution is 5.94. The molecule has 0 N–H and O–H groups in total. The number of ketones is 1. The third-order valence-corrected chi connectivity index (χ3v) is 4.52. The molecule has 0 heterocycles. The maximum Gasteiger partial charge on any atom is 0.142 e. The smallest absolute Gasteiger partial charge is 0.142 e. The fourth-order valence-corrected chi connectivity index (χ4v) is 3.74. The fraction of sp³-hybridized carbons (Fsp3) is 0.917. The lowest BCUT2D eigenvalue weighted by atomic mass is 9.44. The van der Waals surface area contributed by atoms with Crippen molar-refractivity contribution in [2.45, 2.75) is 46.5 Å². The number of rotatable bonds is 1. The number of hydrogen-bond donors (Lipinski definition) is 0. The molecule has 1 nitrogen and oxygen atoms in total. The van der Waals surface area contributed by atoms with Crippen molar-refractivity contribution in [2.75, 3.05) is 0 Å². The summed E-state index contributed by atoms with van der Waals surface area (Å²) in [6.07, 6.45) is 5.08. The summed E-state index contributed by atoms with van der Waals surface area (Å²) in [7, 11) is 0. The first kappa shape index (κ1) is 9.23. The van der Waals surface area contributed by atoms with E-state index in [0.29, 0.717) is 23.5 Å². The average molecular weight is 180 g/mol. The van der Waals surface area contributed by atoms with Crippen molar-refractivity contribution in [2.24, 2.45) is 23.2 Å². The van der Waals surface area contributed by atoms with E-state index in [4.69, 9.17) is 0 Å². The van der Waals surface area contributed by atoms with Crippen molar-refractivity contribution in [1.29, 1.82) is 0 Å². The molecular formula is C12H20O. The minimum absolute atomic E-state index is 0.109. The fourth-order valence-electron chi connectivity index (χ4n) is 3.74. The van der Waals surface area contributed by atoms with Crippen molar-refractivity contribution in [3.05, 3.63) is 0 Å². The molecule has 0 spiro atoms. The van der Waals surface area contributed by atoms with Gasteiger partial charge in [-0.3, -0.25) is 4.79 Å². The number of carbonyl (C=O) groups excluding carboxylic acids is 1. The van der Waals surface area contributed by atoms with E-state index in [9.17, 15) is 4.79 Å². The maximum absolute atomic E-state index is 12.0. The van der Waals surface area contributed by atoms with Crippen molar-refractivity contribution in [3.63, 3.8) is 0 Å². The quantitative estimate of drug-likeness (QED) is 0.606. The van der Waals surface area contributed by atoms with Crippen LogP contribution in [-0.2, 0) is 4.79 Å². The Morgan fingerprint density at radius 2 is 2.08 bits per heavy atom. The topological polar surface area (TPSA) is 17.1 Å². The molecule has 2 aliphatic carbocycles. The third-order valence-electron chi connectivity index (χ3n) is 4.52. The molecule has 2 rings (SSSR count). The molecule has 0 bridgehead atoms. The van der Waals surface area contributed by atoms with Crippen LogP contribution in [0.2, 0.25) is 0 Å². The summed E-state index contributed by atoms with van der Waals surface area (Å²) in [5.41, 5.74) is 0.109. The van der Waals surface area contributed by atoms with Crippen LogP contribution >= 0.6 is 0 Å². The van der Waals surface area contributed by atoms with Crippen molar-refractivity contribution < 1.29 is 4.79 Å². The zero-order valence-electron chi connectivity index (χ0n) is 8.97. The van der Waals surface area contributed by atoms with Gasteiger partial charge >= 0.3 is 0 Å².